The number of benzene rings is 2. The number of rotatable bonds is 9. The minimum atomic E-state index is 0.499. The van der Waals surface area contributed by atoms with E-state index in [0.29, 0.717) is 5.92 Å². The van der Waals surface area contributed by atoms with Crippen molar-refractivity contribution in [3.05, 3.63) is 71.3 Å². The van der Waals surface area contributed by atoms with Crippen LogP contribution in [0.25, 0.3) is 0 Å². The van der Waals surface area contributed by atoms with Gasteiger partial charge < -0.3 is 0 Å². The molecule has 0 heterocycles. The normalized spacial score (nSPS) is 12.0. The molecule has 0 N–H and O–H groups in total. The first-order valence-corrected chi connectivity index (χ1v) is 8.43. The van der Waals surface area contributed by atoms with Gasteiger partial charge in [-0.05, 0) is 29.9 Å². The van der Waals surface area contributed by atoms with Crippen LogP contribution < -0.4 is 0 Å². The summed E-state index contributed by atoms with van der Waals surface area (Å²) >= 11 is 0. The van der Waals surface area contributed by atoms with Crippen molar-refractivity contribution in [2.75, 3.05) is 0 Å². The standard InChI is InChI=1S/C21H26O/c1-2-3-4-6-13-19(18-11-7-5-8-12-18)16-20-14-9-10-15-21(20)17-22/h5,7-12,14-15,17,19H,2-4,6,13,16H2,1H3. The summed E-state index contributed by atoms with van der Waals surface area (Å²) in [4.78, 5) is 11.2. The summed E-state index contributed by atoms with van der Waals surface area (Å²) in [5.41, 5.74) is 3.39. The number of carbonyl (C=O) groups is 1. The van der Waals surface area contributed by atoms with Gasteiger partial charge in [0.1, 0.15) is 6.29 Å². The molecule has 0 aliphatic heterocycles. The third kappa shape index (κ3) is 4.84. The summed E-state index contributed by atoms with van der Waals surface area (Å²) in [7, 11) is 0. The third-order valence-electron chi connectivity index (χ3n) is 4.33. The van der Waals surface area contributed by atoms with E-state index in [-0.39, 0.29) is 0 Å². The van der Waals surface area contributed by atoms with Crippen molar-refractivity contribution in [2.24, 2.45) is 0 Å². The molecular formula is C21H26O. The second kappa shape index (κ2) is 9.19. The van der Waals surface area contributed by atoms with E-state index in [2.05, 4.69) is 43.3 Å². The average Bonchev–Trinajstić information content (AvgIpc) is 2.59. The zero-order valence-corrected chi connectivity index (χ0v) is 13.5. The molecule has 1 heteroatoms. The molecule has 0 saturated heterocycles. The van der Waals surface area contributed by atoms with E-state index in [4.69, 9.17) is 0 Å². The topological polar surface area (TPSA) is 17.1 Å². The average molecular weight is 294 g/mol. The van der Waals surface area contributed by atoms with Gasteiger partial charge in [0.2, 0.25) is 0 Å². The van der Waals surface area contributed by atoms with E-state index in [0.717, 1.165) is 18.3 Å². The second-order valence-corrected chi connectivity index (χ2v) is 5.98. The van der Waals surface area contributed by atoms with E-state index in [9.17, 15) is 4.79 Å². The Morgan fingerprint density at radius 3 is 2.36 bits per heavy atom. The van der Waals surface area contributed by atoms with Gasteiger partial charge in [-0.2, -0.15) is 0 Å². The third-order valence-corrected chi connectivity index (χ3v) is 4.33. The molecule has 116 valence electrons. The first-order valence-electron chi connectivity index (χ1n) is 8.43. The van der Waals surface area contributed by atoms with E-state index < -0.39 is 0 Å². The quantitative estimate of drug-likeness (QED) is 0.422. The van der Waals surface area contributed by atoms with Crippen molar-refractivity contribution in [2.45, 2.75) is 51.4 Å². The number of carbonyl (C=O) groups excluding carboxylic acids is 1. The highest BCUT2D eigenvalue weighted by atomic mass is 16.1. The number of hydrogen-bond donors (Lipinski definition) is 0. The van der Waals surface area contributed by atoms with Gasteiger partial charge >= 0.3 is 0 Å². The largest absolute Gasteiger partial charge is 0.298 e. The molecule has 0 radical (unpaired) electrons. The van der Waals surface area contributed by atoms with Gasteiger partial charge in [0.15, 0.2) is 0 Å². The van der Waals surface area contributed by atoms with Crippen molar-refractivity contribution >= 4 is 6.29 Å². The van der Waals surface area contributed by atoms with Gasteiger partial charge in [-0.1, -0.05) is 87.2 Å². The van der Waals surface area contributed by atoms with E-state index >= 15 is 0 Å². The summed E-state index contributed by atoms with van der Waals surface area (Å²) in [6.45, 7) is 2.25. The maximum Gasteiger partial charge on any atom is 0.150 e. The molecule has 0 aliphatic carbocycles. The zero-order chi connectivity index (χ0) is 15.6. The molecule has 0 fully saturated rings. The molecule has 0 saturated carbocycles. The highest BCUT2D eigenvalue weighted by molar-refractivity contribution is 5.77. The lowest BCUT2D eigenvalue weighted by molar-refractivity contribution is 0.112. The monoisotopic (exact) mass is 294 g/mol. The molecule has 2 aromatic carbocycles. The number of hydrogen-bond acceptors (Lipinski definition) is 1. The van der Waals surface area contributed by atoms with Crippen LogP contribution in [-0.2, 0) is 6.42 Å². The van der Waals surface area contributed by atoms with Gasteiger partial charge in [0.05, 0.1) is 0 Å². The van der Waals surface area contributed by atoms with Crippen LogP contribution in [0, 0.1) is 0 Å². The van der Waals surface area contributed by atoms with Crippen LogP contribution in [0.1, 0.15) is 66.4 Å². The molecule has 1 atom stereocenters. The highest BCUT2D eigenvalue weighted by Crippen LogP contribution is 2.27. The Morgan fingerprint density at radius 2 is 1.64 bits per heavy atom. The van der Waals surface area contributed by atoms with Crippen molar-refractivity contribution in [3.8, 4) is 0 Å². The first kappa shape index (κ1) is 16.5. The fourth-order valence-electron chi connectivity index (χ4n) is 3.03. The smallest absolute Gasteiger partial charge is 0.150 e. The molecule has 22 heavy (non-hydrogen) atoms. The van der Waals surface area contributed by atoms with Gasteiger partial charge in [-0.25, -0.2) is 0 Å². The van der Waals surface area contributed by atoms with Crippen LogP contribution in [0.4, 0.5) is 0 Å². The predicted molar refractivity (Wildman–Crippen MR) is 93.5 cm³/mol. The Bertz CT molecular complexity index is 559. The maximum absolute atomic E-state index is 11.2. The minimum absolute atomic E-state index is 0.499. The van der Waals surface area contributed by atoms with Crippen LogP contribution in [0.3, 0.4) is 0 Å². The molecule has 0 spiro atoms. The lowest BCUT2D eigenvalue weighted by Crippen LogP contribution is -2.05. The molecule has 2 aromatic rings. The predicted octanol–water partition coefficient (Wildman–Crippen LogP) is 5.80. The Morgan fingerprint density at radius 1 is 0.909 bits per heavy atom. The molecule has 2 rings (SSSR count). The Balaban J connectivity index is 2.11. The zero-order valence-electron chi connectivity index (χ0n) is 13.5. The van der Waals surface area contributed by atoms with Gasteiger partial charge in [0, 0.05) is 5.56 Å². The summed E-state index contributed by atoms with van der Waals surface area (Å²) in [5, 5.41) is 0. The fourth-order valence-corrected chi connectivity index (χ4v) is 3.03. The summed E-state index contributed by atoms with van der Waals surface area (Å²) in [6.07, 6.45) is 8.26. The van der Waals surface area contributed by atoms with Crippen molar-refractivity contribution in [1.82, 2.24) is 0 Å². The minimum Gasteiger partial charge on any atom is -0.298 e. The Kier molecular flexibility index (Phi) is 6.89. The highest BCUT2D eigenvalue weighted by Gasteiger charge is 2.14. The lowest BCUT2D eigenvalue weighted by atomic mass is 9.86. The molecule has 1 nitrogen and oxygen atoms in total. The van der Waals surface area contributed by atoms with Gasteiger partial charge in [0.25, 0.3) is 0 Å². The van der Waals surface area contributed by atoms with Crippen LogP contribution >= 0.6 is 0 Å². The fraction of sp³-hybridized carbons (Fsp3) is 0.381. The second-order valence-electron chi connectivity index (χ2n) is 5.98. The number of aldehydes is 1. The summed E-state index contributed by atoms with van der Waals surface area (Å²) in [5.74, 6) is 0.499. The van der Waals surface area contributed by atoms with Gasteiger partial charge in [-0.3, -0.25) is 4.79 Å². The van der Waals surface area contributed by atoms with Crippen LogP contribution in [0.2, 0.25) is 0 Å². The van der Waals surface area contributed by atoms with E-state index in [1.807, 2.05) is 18.2 Å². The molecular weight excluding hydrogens is 268 g/mol. The Labute approximate surface area is 134 Å². The van der Waals surface area contributed by atoms with Crippen LogP contribution in [0.15, 0.2) is 54.6 Å². The maximum atomic E-state index is 11.2. The van der Waals surface area contributed by atoms with Crippen molar-refractivity contribution in [1.29, 1.82) is 0 Å². The van der Waals surface area contributed by atoms with E-state index in [1.54, 1.807) is 0 Å². The van der Waals surface area contributed by atoms with Crippen molar-refractivity contribution in [3.63, 3.8) is 0 Å². The summed E-state index contributed by atoms with van der Waals surface area (Å²) in [6, 6.07) is 18.7. The van der Waals surface area contributed by atoms with Crippen molar-refractivity contribution < 1.29 is 4.79 Å². The van der Waals surface area contributed by atoms with Crippen LogP contribution in [0.5, 0.6) is 0 Å². The summed E-state index contributed by atoms with van der Waals surface area (Å²) < 4.78 is 0. The van der Waals surface area contributed by atoms with Gasteiger partial charge in [-0.15, -0.1) is 0 Å². The lowest BCUT2D eigenvalue weighted by Gasteiger charge is -2.18. The Hall–Kier alpha value is -1.89. The number of unbranched alkanes of at least 4 members (excludes halogenated alkanes) is 3. The molecule has 0 bridgehead atoms. The van der Waals surface area contributed by atoms with E-state index in [1.165, 1.54) is 43.2 Å². The first-order chi connectivity index (χ1) is 10.8. The molecule has 1 unspecified atom stereocenters. The molecule has 0 amide bonds. The molecule has 0 aliphatic rings. The molecule has 0 aromatic heterocycles. The SMILES string of the molecule is CCCCCCC(Cc1ccccc1C=O)c1ccccc1. The van der Waals surface area contributed by atoms with Crippen LogP contribution in [-0.4, -0.2) is 6.29 Å².